The Kier molecular flexibility index (Phi) is 3.52. The minimum Gasteiger partial charge on any atom is -0.496 e. The van der Waals surface area contributed by atoms with Crippen LogP contribution in [0.25, 0.3) is 10.9 Å². The standard InChI is InChI=1S/C13H12BrNO3/c1-7-4-8(14)5-9-11(17-2)6-10(13(16)18-3)15-12(7)9/h4-6H,1-3H3. The zero-order chi connectivity index (χ0) is 13.3. The Morgan fingerprint density at radius 1 is 1.28 bits per heavy atom. The predicted octanol–water partition coefficient (Wildman–Crippen LogP) is 3.10. The molecule has 18 heavy (non-hydrogen) atoms. The Hall–Kier alpha value is -1.62. The van der Waals surface area contributed by atoms with Gasteiger partial charge in [0.25, 0.3) is 0 Å². The number of hydrogen-bond donors (Lipinski definition) is 0. The Bertz CT molecular complexity index is 625. The molecule has 0 saturated carbocycles. The molecule has 5 heteroatoms. The van der Waals surface area contributed by atoms with Crippen LogP contribution < -0.4 is 4.74 Å². The van der Waals surface area contributed by atoms with E-state index in [1.807, 2.05) is 19.1 Å². The molecule has 1 aromatic heterocycles. The topological polar surface area (TPSA) is 48.4 Å². The quantitative estimate of drug-likeness (QED) is 0.800. The van der Waals surface area contributed by atoms with Crippen LogP contribution in [0.15, 0.2) is 22.7 Å². The van der Waals surface area contributed by atoms with Crippen molar-refractivity contribution in [3.05, 3.63) is 33.9 Å². The first kappa shape index (κ1) is 12.8. The summed E-state index contributed by atoms with van der Waals surface area (Å²) in [6.45, 7) is 1.93. The lowest BCUT2D eigenvalue weighted by Gasteiger charge is -2.10. The smallest absolute Gasteiger partial charge is 0.356 e. The number of esters is 1. The number of carbonyl (C=O) groups excluding carboxylic acids is 1. The maximum atomic E-state index is 11.6. The molecule has 1 heterocycles. The Morgan fingerprint density at radius 3 is 2.61 bits per heavy atom. The summed E-state index contributed by atoms with van der Waals surface area (Å²) in [4.78, 5) is 15.9. The van der Waals surface area contributed by atoms with Gasteiger partial charge in [-0.3, -0.25) is 0 Å². The van der Waals surface area contributed by atoms with E-state index in [0.717, 1.165) is 20.9 Å². The van der Waals surface area contributed by atoms with Gasteiger partial charge in [0.15, 0.2) is 5.69 Å². The van der Waals surface area contributed by atoms with Crippen LogP contribution in [0.4, 0.5) is 0 Å². The molecule has 0 N–H and O–H groups in total. The highest BCUT2D eigenvalue weighted by atomic mass is 79.9. The minimum atomic E-state index is -0.475. The van der Waals surface area contributed by atoms with Crippen molar-refractivity contribution in [3.8, 4) is 5.75 Å². The third kappa shape index (κ3) is 2.18. The van der Waals surface area contributed by atoms with Gasteiger partial charge in [0.05, 0.1) is 19.7 Å². The SMILES string of the molecule is COC(=O)c1cc(OC)c2cc(Br)cc(C)c2n1. The molecule has 0 aliphatic rings. The number of hydrogen-bond acceptors (Lipinski definition) is 4. The summed E-state index contributed by atoms with van der Waals surface area (Å²) in [5.41, 5.74) is 1.94. The molecule has 0 saturated heterocycles. The summed E-state index contributed by atoms with van der Waals surface area (Å²) in [5, 5.41) is 0.858. The van der Waals surface area contributed by atoms with Gasteiger partial charge in [0.2, 0.25) is 0 Å². The van der Waals surface area contributed by atoms with Crippen molar-refractivity contribution in [2.45, 2.75) is 6.92 Å². The fourth-order valence-electron chi connectivity index (χ4n) is 1.80. The Labute approximate surface area is 113 Å². The zero-order valence-corrected chi connectivity index (χ0v) is 11.9. The molecule has 94 valence electrons. The Morgan fingerprint density at radius 2 is 2.00 bits per heavy atom. The van der Waals surface area contributed by atoms with Crippen molar-refractivity contribution in [2.24, 2.45) is 0 Å². The molecule has 2 aromatic rings. The van der Waals surface area contributed by atoms with Gasteiger partial charge in [-0.25, -0.2) is 9.78 Å². The van der Waals surface area contributed by atoms with E-state index in [1.54, 1.807) is 13.2 Å². The molecule has 0 unspecified atom stereocenters. The summed E-state index contributed by atoms with van der Waals surface area (Å²) in [6.07, 6.45) is 0. The van der Waals surface area contributed by atoms with E-state index in [1.165, 1.54) is 7.11 Å². The Balaban J connectivity index is 2.79. The van der Waals surface area contributed by atoms with E-state index in [0.29, 0.717) is 5.75 Å². The molecule has 2 rings (SSSR count). The van der Waals surface area contributed by atoms with Crippen LogP contribution in [0, 0.1) is 6.92 Å². The van der Waals surface area contributed by atoms with Gasteiger partial charge in [0.1, 0.15) is 5.75 Å². The molecular weight excluding hydrogens is 298 g/mol. The van der Waals surface area contributed by atoms with Crippen LogP contribution >= 0.6 is 15.9 Å². The highest BCUT2D eigenvalue weighted by molar-refractivity contribution is 9.10. The molecule has 0 fully saturated rings. The fourth-order valence-corrected chi connectivity index (χ4v) is 2.38. The van der Waals surface area contributed by atoms with Gasteiger partial charge in [0, 0.05) is 15.9 Å². The van der Waals surface area contributed by atoms with Crippen LogP contribution in [-0.2, 0) is 4.74 Å². The normalized spacial score (nSPS) is 10.4. The highest BCUT2D eigenvalue weighted by Gasteiger charge is 2.14. The fraction of sp³-hybridized carbons (Fsp3) is 0.231. The molecular formula is C13H12BrNO3. The van der Waals surface area contributed by atoms with Crippen LogP contribution in [0.3, 0.4) is 0 Å². The molecule has 0 aliphatic carbocycles. The van der Waals surface area contributed by atoms with Crippen LogP contribution in [0.5, 0.6) is 5.75 Å². The minimum absolute atomic E-state index is 0.243. The lowest BCUT2D eigenvalue weighted by atomic mass is 10.1. The molecule has 0 aliphatic heterocycles. The largest absolute Gasteiger partial charge is 0.496 e. The molecule has 4 nitrogen and oxygen atoms in total. The first-order chi connectivity index (χ1) is 8.56. The van der Waals surface area contributed by atoms with E-state index in [9.17, 15) is 4.79 Å². The van der Waals surface area contributed by atoms with Gasteiger partial charge in [-0.05, 0) is 24.6 Å². The number of aryl methyl sites for hydroxylation is 1. The van der Waals surface area contributed by atoms with E-state index in [-0.39, 0.29) is 5.69 Å². The van der Waals surface area contributed by atoms with E-state index in [2.05, 4.69) is 25.7 Å². The van der Waals surface area contributed by atoms with Gasteiger partial charge in [-0.2, -0.15) is 0 Å². The van der Waals surface area contributed by atoms with E-state index in [4.69, 9.17) is 4.74 Å². The van der Waals surface area contributed by atoms with Gasteiger partial charge in [-0.1, -0.05) is 15.9 Å². The molecule has 0 radical (unpaired) electrons. The first-order valence-electron chi connectivity index (χ1n) is 5.30. The lowest BCUT2D eigenvalue weighted by molar-refractivity contribution is 0.0594. The van der Waals surface area contributed by atoms with Crippen LogP contribution in [0.2, 0.25) is 0 Å². The average Bonchev–Trinajstić information content (AvgIpc) is 2.36. The van der Waals surface area contributed by atoms with Gasteiger partial charge < -0.3 is 9.47 Å². The van der Waals surface area contributed by atoms with Crippen LogP contribution in [-0.4, -0.2) is 25.2 Å². The number of aromatic nitrogens is 1. The summed E-state index contributed by atoms with van der Waals surface area (Å²) in [6, 6.07) is 5.44. The molecule has 0 amide bonds. The van der Waals surface area contributed by atoms with Crippen molar-refractivity contribution in [3.63, 3.8) is 0 Å². The molecule has 0 atom stereocenters. The highest BCUT2D eigenvalue weighted by Crippen LogP contribution is 2.30. The zero-order valence-electron chi connectivity index (χ0n) is 10.3. The number of pyridine rings is 1. The number of ether oxygens (including phenoxy) is 2. The summed E-state index contributed by atoms with van der Waals surface area (Å²) in [5.74, 6) is 0.127. The monoisotopic (exact) mass is 309 g/mol. The van der Waals surface area contributed by atoms with Crippen molar-refractivity contribution in [1.29, 1.82) is 0 Å². The number of fused-ring (bicyclic) bond motifs is 1. The van der Waals surface area contributed by atoms with Crippen molar-refractivity contribution in [2.75, 3.05) is 14.2 Å². The second kappa shape index (κ2) is 4.94. The van der Waals surface area contributed by atoms with E-state index >= 15 is 0 Å². The number of benzene rings is 1. The maximum absolute atomic E-state index is 11.6. The van der Waals surface area contributed by atoms with Gasteiger partial charge >= 0.3 is 5.97 Å². The third-order valence-electron chi connectivity index (χ3n) is 2.65. The summed E-state index contributed by atoms with van der Waals surface area (Å²) >= 11 is 3.43. The predicted molar refractivity (Wildman–Crippen MR) is 72.1 cm³/mol. The second-order valence-corrected chi connectivity index (χ2v) is 4.74. The summed E-state index contributed by atoms with van der Waals surface area (Å²) < 4.78 is 10.9. The number of halogens is 1. The number of methoxy groups -OCH3 is 2. The van der Waals surface area contributed by atoms with Crippen LogP contribution in [0.1, 0.15) is 16.1 Å². The number of rotatable bonds is 2. The molecule has 0 bridgehead atoms. The van der Waals surface area contributed by atoms with Gasteiger partial charge in [-0.15, -0.1) is 0 Å². The third-order valence-corrected chi connectivity index (χ3v) is 3.10. The second-order valence-electron chi connectivity index (χ2n) is 3.82. The average molecular weight is 310 g/mol. The number of carbonyl (C=O) groups is 1. The van der Waals surface area contributed by atoms with Crippen molar-refractivity contribution >= 4 is 32.8 Å². The number of nitrogens with zero attached hydrogens (tertiary/aromatic N) is 1. The summed E-state index contributed by atoms with van der Waals surface area (Å²) in [7, 11) is 2.89. The molecule has 1 aromatic carbocycles. The molecule has 0 spiro atoms. The maximum Gasteiger partial charge on any atom is 0.356 e. The van der Waals surface area contributed by atoms with Crippen molar-refractivity contribution < 1.29 is 14.3 Å². The lowest BCUT2D eigenvalue weighted by Crippen LogP contribution is -2.05. The first-order valence-corrected chi connectivity index (χ1v) is 6.09. The van der Waals surface area contributed by atoms with Crippen molar-refractivity contribution in [1.82, 2.24) is 4.98 Å². The van der Waals surface area contributed by atoms with E-state index < -0.39 is 5.97 Å².